The topological polar surface area (TPSA) is 123 Å². The molecule has 3 N–H and O–H groups in total. The van der Waals surface area contributed by atoms with Crippen molar-refractivity contribution in [2.24, 2.45) is 0 Å². The first kappa shape index (κ1) is 22.5. The lowest BCUT2D eigenvalue weighted by Gasteiger charge is -2.36. The summed E-state index contributed by atoms with van der Waals surface area (Å²) >= 11 is 0. The zero-order valence-electron chi connectivity index (χ0n) is 16.8. The van der Waals surface area contributed by atoms with E-state index in [9.17, 15) is 19.5 Å². The SMILES string of the molecule is CC(C)(C)OC(=O)NC1CC(OC[C@H](NC(=O)OCc2ccccc2)C(=O)O)C1. The lowest BCUT2D eigenvalue weighted by Crippen LogP contribution is -2.51. The number of alkyl carbamates (subject to hydrolysis) is 2. The molecule has 0 spiro atoms. The van der Waals surface area contributed by atoms with Crippen molar-refractivity contribution in [2.45, 2.75) is 64.0 Å². The minimum absolute atomic E-state index is 0.0422. The van der Waals surface area contributed by atoms with Gasteiger partial charge in [-0.3, -0.25) is 0 Å². The lowest BCUT2D eigenvalue weighted by atomic mass is 9.89. The highest BCUT2D eigenvalue weighted by molar-refractivity contribution is 5.80. The number of carbonyl (C=O) groups is 3. The van der Waals surface area contributed by atoms with E-state index in [1.807, 2.05) is 18.2 Å². The summed E-state index contributed by atoms with van der Waals surface area (Å²) in [4.78, 5) is 34.9. The molecule has 0 aliphatic heterocycles. The number of hydrogen-bond donors (Lipinski definition) is 3. The van der Waals surface area contributed by atoms with Crippen LogP contribution >= 0.6 is 0 Å². The summed E-state index contributed by atoms with van der Waals surface area (Å²) in [7, 11) is 0. The Labute approximate surface area is 169 Å². The number of carbonyl (C=O) groups excluding carboxylic acids is 2. The van der Waals surface area contributed by atoms with Crippen LogP contribution < -0.4 is 10.6 Å². The number of rotatable bonds is 8. The number of carboxylic acids is 1. The van der Waals surface area contributed by atoms with Gasteiger partial charge in [-0.05, 0) is 39.2 Å². The zero-order valence-corrected chi connectivity index (χ0v) is 16.8. The molecule has 9 heteroatoms. The van der Waals surface area contributed by atoms with Crippen LogP contribution in [0.5, 0.6) is 0 Å². The van der Waals surface area contributed by atoms with Crippen LogP contribution in [-0.4, -0.2) is 53.7 Å². The predicted octanol–water partition coefficient (Wildman–Crippen LogP) is 2.44. The first-order valence-electron chi connectivity index (χ1n) is 9.43. The van der Waals surface area contributed by atoms with Crippen molar-refractivity contribution in [1.82, 2.24) is 10.6 Å². The molecule has 0 saturated heterocycles. The number of hydrogen-bond acceptors (Lipinski definition) is 6. The number of ether oxygens (including phenoxy) is 3. The largest absolute Gasteiger partial charge is 0.480 e. The number of nitrogens with one attached hydrogen (secondary N) is 2. The van der Waals surface area contributed by atoms with Crippen LogP contribution in [0.1, 0.15) is 39.2 Å². The van der Waals surface area contributed by atoms with Gasteiger partial charge < -0.3 is 30.0 Å². The highest BCUT2D eigenvalue weighted by atomic mass is 16.6. The molecule has 2 amide bonds. The van der Waals surface area contributed by atoms with E-state index in [0.29, 0.717) is 12.8 Å². The maximum atomic E-state index is 11.8. The van der Waals surface area contributed by atoms with Gasteiger partial charge in [-0.15, -0.1) is 0 Å². The van der Waals surface area contributed by atoms with E-state index < -0.39 is 29.8 Å². The predicted molar refractivity (Wildman–Crippen MR) is 103 cm³/mol. The normalized spacial score (nSPS) is 19.4. The molecule has 0 unspecified atom stereocenters. The van der Waals surface area contributed by atoms with E-state index in [1.165, 1.54) is 0 Å². The molecule has 0 aromatic heterocycles. The third-order valence-corrected chi connectivity index (χ3v) is 4.12. The van der Waals surface area contributed by atoms with Crippen LogP contribution in [0.25, 0.3) is 0 Å². The van der Waals surface area contributed by atoms with Crippen molar-refractivity contribution in [2.75, 3.05) is 6.61 Å². The average Bonchev–Trinajstić information content (AvgIpc) is 2.59. The maximum Gasteiger partial charge on any atom is 0.408 e. The molecule has 160 valence electrons. The quantitative estimate of drug-likeness (QED) is 0.604. The Hall–Kier alpha value is -2.81. The van der Waals surface area contributed by atoms with Crippen LogP contribution in [0.15, 0.2) is 30.3 Å². The maximum absolute atomic E-state index is 11.8. The number of benzene rings is 1. The molecule has 1 aliphatic rings. The van der Waals surface area contributed by atoms with Crippen molar-refractivity contribution >= 4 is 18.2 Å². The van der Waals surface area contributed by atoms with Gasteiger partial charge in [-0.1, -0.05) is 30.3 Å². The zero-order chi connectivity index (χ0) is 21.4. The Morgan fingerprint density at radius 1 is 1.14 bits per heavy atom. The minimum atomic E-state index is -1.23. The van der Waals surface area contributed by atoms with Crippen LogP contribution in [0, 0.1) is 0 Å². The van der Waals surface area contributed by atoms with Crippen LogP contribution in [0.3, 0.4) is 0 Å². The van der Waals surface area contributed by atoms with Gasteiger partial charge in [0.2, 0.25) is 0 Å². The van der Waals surface area contributed by atoms with E-state index >= 15 is 0 Å². The molecule has 1 aromatic rings. The van der Waals surface area contributed by atoms with Gasteiger partial charge in [-0.2, -0.15) is 0 Å². The first-order valence-corrected chi connectivity index (χ1v) is 9.43. The first-order chi connectivity index (χ1) is 13.6. The molecule has 2 rings (SSSR count). The molecular formula is C20H28N2O7. The van der Waals surface area contributed by atoms with Crippen LogP contribution in [0.2, 0.25) is 0 Å². The Morgan fingerprint density at radius 2 is 1.79 bits per heavy atom. The number of aliphatic carboxylic acids is 1. The van der Waals surface area contributed by atoms with Crippen molar-refractivity contribution in [3.05, 3.63) is 35.9 Å². The smallest absolute Gasteiger partial charge is 0.408 e. The summed E-state index contributed by atoms with van der Waals surface area (Å²) < 4.78 is 15.7. The van der Waals surface area contributed by atoms with Gasteiger partial charge in [0.25, 0.3) is 0 Å². The fourth-order valence-corrected chi connectivity index (χ4v) is 2.61. The average molecular weight is 408 g/mol. The Morgan fingerprint density at radius 3 is 2.38 bits per heavy atom. The monoisotopic (exact) mass is 408 g/mol. The molecule has 9 nitrogen and oxygen atoms in total. The molecular weight excluding hydrogens is 380 g/mol. The summed E-state index contributed by atoms with van der Waals surface area (Å²) in [6, 6.07) is 7.75. The molecule has 1 aromatic carbocycles. The second-order valence-electron chi connectivity index (χ2n) is 7.87. The van der Waals surface area contributed by atoms with Crippen molar-refractivity contribution in [3.63, 3.8) is 0 Å². The summed E-state index contributed by atoms with van der Waals surface area (Å²) in [5.41, 5.74) is 0.225. The molecule has 1 fully saturated rings. The Balaban J connectivity index is 1.66. The number of carboxylic acid groups (broad SMARTS) is 1. The second-order valence-corrected chi connectivity index (χ2v) is 7.87. The summed E-state index contributed by atoms with van der Waals surface area (Å²) in [5, 5.41) is 14.3. The molecule has 0 radical (unpaired) electrons. The van der Waals surface area contributed by atoms with E-state index in [2.05, 4.69) is 10.6 Å². The second kappa shape index (κ2) is 10.1. The third-order valence-electron chi connectivity index (χ3n) is 4.12. The molecule has 29 heavy (non-hydrogen) atoms. The van der Waals surface area contributed by atoms with Gasteiger partial charge >= 0.3 is 18.2 Å². The van der Waals surface area contributed by atoms with Gasteiger partial charge in [0, 0.05) is 6.04 Å². The molecule has 1 saturated carbocycles. The molecule has 1 aliphatic carbocycles. The van der Waals surface area contributed by atoms with E-state index in [1.54, 1.807) is 32.9 Å². The van der Waals surface area contributed by atoms with E-state index in [0.717, 1.165) is 5.56 Å². The fraction of sp³-hybridized carbons (Fsp3) is 0.550. The summed E-state index contributed by atoms with van der Waals surface area (Å²) in [5.74, 6) is -1.22. The summed E-state index contributed by atoms with van der Waals surface area (Å²) in [6.45, 7) is 5.19. The van der Waals surface area contributed by atoms with Gasteiger partial charge in [0.15, 0.2) is 6.04 Å². The van der Waals surface area contributed by atoms with Crippen molar-refractivity contribution in [1.29, 1.82) is 0 Å². The van der Waals surface area contributed by atoms with Crippen LogP contribution in [0.4, 0.5) is 9.59 Å². The number of amides is 2. The van der Waals surface area contributed by atoms with Crippen molar-refractivity contribution < 1.29 is 33.7 Å². The minimum Gasteiger partial charge on any atom is -0.480 e. The highest BCUT2D eigenvalue weighted by Crippen LogP contribution is 2.24. The highest BCUT2D eigenvalue weighted by Gasteiger charge is 2.33. The van der Waals surface area contributed by atoms with Crippen LogP contribution in [-0.2, 0) is 25.6 Å². The van der Waals surface area contributed by atoms with Gasteiger partial charge in [0.1, 0.15) is 12.2 Å². The Bertz CT molecular complexity index is 697. The van der Waals surface area contributed by atoms with Gasteiger partial charge in [-0.25, -0.2) is 14.4 Å². The van der Waals surface area contributed by atoms with Gasteiger partial charge in [0.05, 0.1) is 12.7 Å². The standard InChI is InChI=1S/C20H28N2O7/c1-20(2,3)29-19(26)21-14-9-15(10-14)27-12-16(17(23)24)22-18(25)28-11-13-7-5-4-6-8-13/h4-8,14-16H,9-12H2,1-3H3,(H,21,26)(H,22,25)(H,23,24)/t14?,15?,16-/m0/s1. The molecule has 1 atom stereocenters. The molecule has 0 bridgehead atoms. The van der Waals surface area contributed by atoms with E-state index in [-0.39, 0.29) is 25.4 Å². The molecule has 0 heterocycles. The van der Waals surface area contributed by atoms with Crippen molar-refractivity contribution in [3.8, 4) is 0 Å². The summed E-state index contributed by atoms with van der Waals surface area (Å²) in [6.07, 6.45) is -0.428. The fourth-order valence-electron chi connectivity index (χ4n) is 2.61. The third kappa shape index (κ3) is 8.39. The van der Waals surface area contributed by atoms with E-state index in [4.69, 9.17) is 14.2 Å². The lowest BCUT2D eigenvalue weighted by molar-refractivity contribution is -0.142. The Kier molecular flexibility index (Phi) is 7.83.